The minimum Gasteiger partial charge on any atom is -0.469 e. The van der Waals surface area contributed by atoms with Gasteiger partial charge in [0.05, 0.1) is 18.9 Å². The van der Waals surface area contributed by atoms with Crippen molar-refractivity contribution < 1.29 is 17.9 Å². The molecule has 122 valence electrons. The van der Waals surface area contributed by atoms with Crippen molar-refractivity contribution in [2.75, 3.05) is 20.2 Å². The molecule has 1 aliphatic heterocycles. The third-order valence-electron chi connectivity index (χ3n) is 5.10. The van der Waals surface area contributed by atoms with Crippen LogP contribution >= 0.6 is 0 Å². The Kier molecular flexibility index (Phi) is 3.20. The molecule has 0 aromatic carbocycles. The molecule has 1 aromatic heterocycles. The lowest BCUT2D eigenvalue weighted by Crippen LogP contribution is -2.57. The summed E-state index contributed by atoms with van der Waals surface area (Å²) in [6.45, 7) is 4.64. The van der Waals surface area contributed by atoms with Crippen molar-refractivity contribution in [1.29, 1.82) is 0 Å². The molecule has 8 heteroatoms. The van der Waals surface area contributed by atoms with E-state index < -0.39 is 15.4 Å². The minimum atomic E-state index is -3.68. The number of ether oxygens (including phenoxy) is 1. The highest BCUT2D eigenvalue weighted by Crippen LogP contribution is 2.63. The average molecular weight is 327 g/mol. The first-order valence-corrected chi connectivity index (χ1v) is 8.64. The van der Waals surface area contributed by atoms with Gasteiger partial charge >= 0.3 is 5.97 Å². The molecule has 1 aliphatic carbocycles. The fourth-order valence-electron chi connectivity index (χ4n) is 4.17. The van der Waals surface area contributed by atoms with E-state index in [0.717, 1.165) is 0 Å². The van der Waals surface area contributed by atoms with Gasteiger partial charge in [-0.15, -0.1) is 0 Å². The highest BCUT2D eigenvalue weighted by Gasteiger charge is 2.68. The molecule has 0 bridgehead atoms. The van der Waals surface area contributed by atoms with Crippen molar-refractivity contribution in [2.24, 2.45) is 23.8 Å². The number of esters is 1. The van der Waals surface area contributed by atoms with Crippen molar-refractivity contribution in [3.05, 3.63) is 12.5 Å². The molecule has 0 spiro atoms. The van der Waals surface area contributed by atoms with Crippen molar-refractivity contribution in [2.45, 2.75) is 25.3 Å². The molecule has 0 N–H and O–H groups in total. The van der Waals surface area contributed by atoms with Gasteiger partial charge in [0.15, 0.2) is 5.03 Å². The fourth-order valence-corrected chi connectivity index (χ4v) is 5.66. The Labute approximate surface area is 130 Å². The van der Waals surface area contributed by atoms with Crippen molar-refractivity contribution in [3.63, 3.8) is 0 Å². The van der Waals surface area contributed by atoms with E-state index in [2.05, 4.69) is 18.8 Å². The number of aromatic nitrogens is 2. The SMILES string of the molecule is COC(=O)[C@@]12CN(S(=O)(=O)c3cn(C)cn3)C[C@@H]1C(C)(C)C2. The van der Waals surface area contributed by atoms with Gasteiger partial charge in [-0.1, -0.05) is 13.8 Å². The molecule has 2 aliphatic rings. The maximum Gasteiger partial charge on any atom is 0.313 e. The molecule has 3 rings (SSSR count). The minimum absolute atomic E-state index is 0.0223. The third kappa shape index (κ3) is 1.93. The van der Waals surface area contributed by atoms with Crippen LogP contribution in [0.3, 0.4) is 0 Å². The number of sulfonamides is 1. The van der Waals surface area contributed by atoms with E-state index in [4.69, 9.17) is 4.74 Å². The van der Waals surface area contributed by atoms with Gasteiger partial charge in [0.1, 0.15) is 0 Å². The second-order valence-corrected chi connectivity index (χ2v) is 8.93. The van der Waals surface area contributed by atoms with Gasteiger partial charge in [0.25, 0.3) is 10.0 Å². The maximum absolute atomic E-state index is 12.7. The highest BCUT2D eigenvalue weighted by atomic mass is 32.2. The second kappa shape index (κ2) is 4.55. The molecule has 2 atom stereocenters. The molecule has 1 saturated carbocycles. The van der Waals surface area contributed by atoms with Crippen LogP contribution in [0.1, 0.15) is 20.3 Å². The van der Waals surface area contributed by atoms with E-state index in [0.29, 0.717) is 13.0 Å². The van der Waals surface area contributed by atoms with E-state index in [-0.39, 0.29) is 28.9 Å². The highest BCUT2D eigenvalue weighted by molar-refractivity contribution is 7.89. The Bertz CT molecular complexity index is 724. The summed E-state index contributed by atoms with van der Waals surface area (Å²) < 4.78 is 33.4. The van der Waals surface area contributed by atoms with Gasteiger partial charge in [-0.3, -0.25) is 4.79 Å². The lowest BCUT2D eigenvalue weighted by Gasteiger charge is -2.54. The molecular formula is C14H21N3O4S. The quantitative estimate of drug-likeness (QED) is 0.761. The van der Waals surface area contributed by atoms with Crippen LogP contribution in [0.25, 0.3) is 0 Å². The molecule has 2 fully saturated rings. The standard InChI is InChI=1S/C14H21N3O4S/c1-13(2)7-14(12(18)21-4)8-17(5-10(13)14)22(19,20)11-6-16(3)9-15-11/h6,9-10H,5,7-8H2,1-4H3/t10-,14+/m1/s1. The number of carbonyl (C=O) groups excluding carboxylic acids is 1. The zero-order chi connectivity index (χ0) is 16.3. The molecular weight excluding hydrogens is 306 g/mol. The van der Waals surface area contributed by atoms with Crippen LogP contribution in [-0.2, 0) is 26.6 Å². The Morgan fingerprint density at radius 1 is 1.45 bits per heavy atom. The van der Waals surface area contributed by atoms with Crippen LogP contribution in [0, 0.1) is 16.7 Å². The molecule has 0 unspecified atom stereocenters. The lowest BCUT2D eigenvalue weighted by atomic mass is 9.48. The molecule has 1 aromatic rings. The van der Waals surface area contributed by atoms with Crippen molar-refractivity contribution in [3.8, 4) is 0 Å². The molecule has 22 heavy (non-hydrogen) atoms. The first kappa shape index (κ1) is 15.5. The number of nitrogens with zero attached hydrogens (tertiary/aromatic N) is 3. The summed E-state index contributed by atoms with van der Waals surface area (Å²) in [5.74, 6) is -0.332. The van der Waals surface area contributed by atoms with E-state index in [1.807, 2.05) is 0 Å². The van der Waals surface area contributed by atoms with Crippen LogP contribution in [-0.4, -0.2) is 48.4 Å². The predicted octanol–water partition coefficient (Wildman–Crippen LogP) is 0.630. The summed E-state index contributed by atoms with van der Waals surface area (Å²) in [4.78, 5) is 16.2. The second-order valence-electron chi connectivity index (χ2n) is 7.04. The van der Waals surface area contributed by atoms with E-state index in [1.165, 1.54) is 23.9 Å². The van der Waals surface area contributed by atoms with Gasteiger partial charge in [-0.25, -0.2) is 13.4 Å². The first-order valence-electron chi connectivity index (χ1n) is 7.20. The van der Waals surface area contributed by atoms with E-state index in [9.17, 15) is 13.2 Å². The number of hydrogen-bond donors (Lipinski definition) is 0. The summed E-state index contributed by atoms with van der Waals surface area (Å²) in [5.41, 5.74) is -0.775. The first-order chi connectivity index (χ1) is 10.1. The number of rotatable bonds is 3. The zero-order valence-electron chi connectivity index (χ0n) is 13.2. The number of aryl methyl sites for hydroxylation is 1. The summed E-state index contributed by atoms with van der Waals surface area (Å²) in [7, 11) is -0.603. The van der Waals surface area contributed by atoms with E-state index >= 15 is 0 Å². The summed E-state index contributed by atoms with van der Waals surface area (Å²) in [5, 5.41) is 0.0223. The van der Waals surface area contributed by atoms with Crippen LogP contribution in [0.5, 0.6) is 0 Å². The largest absolute Gasteiger partial charge is 0.469 e. The Balaban J connectivity index is 1.94. The van der Waals surface area contributed by atoms with Crippen LogP contribution in [0.15, 0.2) is 17.6 Å². The summed E-state index contributed by atoms with van der Waals surface area (Å²) in [6, 6.07) is 0. The Hall–Kier alpha value is -1.41. The van der Waals surface area contributed by atoms with Crippen LogP contribution < -0.4 is 0 Å². The lowest BCUT2D eigenvalue weighted by molar-refractivity contribution is -0.174. The molecule has 0 radical (unpaired) electrons. The smallest absolute Gasteiger partial charge is 0.313 e. The predicted molar refractivity (Wildman–Crippen MR) is 78.3 cm³/mol. The van der Waals surface area contributed by atoms with Gasteiger partial charge < -0.3 is 9.30 Å². The zero-order valence-corrected chi connectivity index (χ0v) is 14.1. The Morgan fingerprint density at radius 2 is 2.14 bits per heavy atom. The molecule has 1 saturated heterocycles. The normalized spacial score (nSPS) is 30.6. The number of hydrogen-bond acceptors (Lipinski definition) is 5. The van der Waals surface area contributed by atoms with Gasteiger partial charge in [-0.05, 0) is 17.8 Å². The topological polar surface area (TPSA) is 81.5 Å². The Morgan fingerprint density at radius 3 is 2.64 bits per heavy atom. The monoisotopic (exact) mass is 327 g/mol. The number of imidazole rings is 1. The van der Waals surface area contributed by atoms with Gasteiger partial charge in [0.2, 0.25) is 0 Å². The molecule has 7 nitrogen and oxygen atoms in total. The van der Waals surface area contributed by atoms with Crippen LogP contribution in [0.2, 0.25) is 0 Å². The molecule has 0 amide bonds. The summed E-state index contributed by atoms with van der Waals surface area (Å²) >= 11 is 0. The molecule has 2 heterocycles. The number of fused-ring (bicyclic) bond motifs is 1. The maximum atomic E-state index is 12.7. The van der Waals surface area contributed by atoms with Gasteiger partial charge in [-0.2, -0.15) is 4.31 Å². The number of methoxy groups -OCH3 is 1. The van der Waals surface area contributed by atoms with Crippen molar-refractivity contribution >= 4 is 16.0 Å². The van der Waals surface area contributed by atoms with Crippen molar-refractivity contribution in [1.82, 2.24) is 13.9 Å². The number of carbonyl (C=O) groups is 1. The van der Waals surface area contributed by atoms with E-state index in [1.54, 1.807) is 11.6 Å². The fraction of sp³-hybridized carbons (Fsp3) is 0.714. The summed E-state index contributed by atoms with van der Waals surface area (Å²) in [6.07, 6.45) is 3.58. The average Bonchev–Trinajstić information content (AvgIpc) is 3.01. The van der Waals surface area contributed by atoms with Gasteiger partial charge in [0, 0.05) is 26.3 Å². The van der Waals surface area contributed by atoms with Crippen LogP contribution in [0.4, 0.5) is 0 Å². The third-order valence-corrected chi connectivity index (χ3v) is 6.80.